The van der Waals surface area contributed by atoms with Crippen LogP contribution < -0.4 is 0 Å². The highest BCUT2D eigenvalue weighted by Gasteiger charge is 2.13. The molecule has 0 amide bonds. The maximum absolute atomic E-state index is 4.08. The van der Waals surface area contributed by atoms with Gasteiger partial charge in [0.05, 0.1) is 5.69 Å². The monoisotopic (exact) mass is 149 g/mol. The summed E-state index contributed by atoms with van der Waals surface area (Å²) in [6.07, 6.45) is 2.88. The van der Waals surface area contributed by atoms with E-state index in [0.29, 0.717) is 0 Å². The maximum atomic E-state index is 4.08. The van der Waals surface area contributed by atoms with E-state index in [1.54, 1.807) is 6.20 Å². The first-order chi connectivity index (χ1) is 5.36. The first kappa shape index (κ1) is 6.73. The Kier molecular flexibility index (Phi) is 1.58. The molecule has 2 rings (SSSR count). The molecule has 3 nitrogen and oxygen atoms in total. The number of nitrogens with zero attached hydrogens (tertiary/aromatic N) is 3. The van der Waals surface area contributed by atoms with E-state index in [4.69, 9.17) is 0 Å². The van der Waals surface area contributed by atoms with Gasteiger partial charge in [0.1, 0.15) is 0 Å². The molecule has 0 spiro atoms. The Morgan fingerprint density at radius 1 is 1.55 bits per heavy atom. The van der Waals surface area contributed by atoms with Gasteiger partial charge in [-0.25, -0.2) is 0 Å². The number of hydrogen-bond donors (Lipinski definition) is 0. The van der Waals surface area contributed by atoms with Gasteiger partial charge in [-0.2, -0.15) is 10.2 Å². The Labute approximate surface area is 66.1 Å². The Balaban J connectivity index is 2.34. The first-order valence-corrected chi connectivity index (χ1v) is 3.84. The summed E-state index contributed by atoms with van der Waals surface area (Å²) in [6.45, 7) is 2.09. The zero-order valence-electron chi connectivity index (χ0n) is 6.62. The van der Waals surface area contributed by atoms with E-state index in [-0.39, 0.29) is 0 Å². The standard InChI is InChI=1S/C8H11N3/c1-11-5-3-7-2-4-9-10-8(7)6-11/h2,4H,3,5-6H2,1H3. The third-order valence-corrected chi connectivity index (χ3v) is 2.07. The van der Waals surface area contributed by atoms with Crippen molar-refractivity contribution >= 4 is 0 Å². The highest BCUT2D eigenvalue weighted by Crippen LogP contribution is 2.12. The highest BCUT2D eigenvalue weighted by molar-refractivity contribution is 5.19. The molecule has 0 N–H and O–H groups in total. The largest absolute Gasteiger partial charge is 0.300 e. The summed E-state index contributed by atoms with van der Waals surface area (Å²) in [6, 6.07) is 2.06. The van der Waals surface area contributed by atoms with E-state index in [9.17, 15) is 0 Å². The molecule has 2 heterocycles. The van der Waals surface area contributed by atoms with Gasteiger partial charge in [-0.15, -0.1) is 0 Å². The molecule has 3 heteroatoms. The second-order valence-electron chi connectivity index (χ2n) is 2.99. The molecule has 1 aliphatic heterocycles. The lowest BCUT2D eigenvalue weighted by atomic mass is 10.1. The summed E-state index contributed by atoms with van der Waals surface area (Å²) < 4.78 is 0. The van der Waals surface area contributed by atoms with E-state index in [1.165, 1.54) is 5.56 Å². The molecule has 0 saturated carbocycles. The Bertz CT molecular complexity index is 259. The normalized spacial score (nSPS) is 17.9. The number of aromatic nitrogens is 2. The van der Waals surface area contributed by atoms with Crippen molar-refractivity contribution in [3.63, 3.8) is 0 Å². The third kappa shape index (κ3) is 1.24. The maximum Gasteiger partial charge on any atom is 0.0803 e. The van der Waals surface area contributed by atoms with Gasteiger partial charge in [0.2, 0.25) is 0 Å². The summed E-state index contributed by atoms with van der Waals surface area (Å²) in [5.74, 6) is 0. The minimum absolute atomic E-state index is 0.948. The van der Waals surface area contributed by atoms with Crippen LogP contribution in [0.5, 0.6) is 0 Å². The Hall–Kier alpha value is -0.960. The molecule has 0 atom stereocenters. The quantitative estimate of drug-likeness (QED) is 0.536. The van der Waals surface area contributed by atoms with Crippen molar-refractivity contribution in [1.29, 1.82) is 0 Å². The van der Waals surface area contributed by atoms with E-state index in [2.05, 4.69) is 28.2 Å². The van der Waals surface area contributed by atoms with E-state index >= 15 is 0 Å². The van der Waals surface area contributed by atoms with Gasteiger partial charge in [-0.1, -0.05) is 0 Å². The smallest absolute Gasteiger partial charge is 0.0803 e. The predicted octanol–water partition coefficient (Wildman–Crippen LogP) is 0.464. The molecule has 1 aliphatic rings. The third-order valence-electron chi connectivity index (χ3n) is 2.07. The molecule has 0 unspecified atom stereocenters. The molecule has 11 heavy (non-hydrogen) atoms. The molecule has 0 fully saturated rings. The fraction of sp³-hybridized carbons (Fsp3) is 0.500. The lowest BCUT2D eigenvalue weighted by Gasteiger charge is -2.22. The van der Waals surface area contributed by atoms with Crippen molar-refractivity contribution in [2.75, 3.05) is 13.6 Å². The van der Waals surface area contributed by atoms with E-state index in [1.807, 2.05) is 0 Å². The summed E-state index contributed by atoms with van der Waals surface area (Å²) in [4.78, 5) is 2.26. The average molecular weight is 149 g/mol. The van der Waals surface area contributed by atoms with Gasteiger partial charge in [0.15, 0.2) is 0 Å². The van der Waals surface area contributed by atoms with Crippen LogP contribution in [0.2, 0.25) is 0 Å². The Morgan fingerprint density at radius 3 is 3.36 bits per heavy atom. The summed E-state index contributed by atoms with van der Waals surface area (Å²) in [5.41, 5.74) is 2.50. The molecule has 0 aromatic carbocycles. The number of hydrogen-bond acceptors (Lipinski definition) is 3. The van der Waals surface area contributed by atoms with Crippen molar-refractivity contribution in [2.45, 2.75) is 13.0 Å². The van der Waals surface area contributed by atoms with Crippen LogP contribution in [0, 0.1) is 0 Å². The fourth-order valence-electron chi connectivity index (χ4n) is 1.39. The molecular formula is C8H11N3. The van der Waals surface area contributed by atoms with Crippen LogP contribution in [-0.2, 0) is 13.0 Å². The first-order valence-electron chi connectivity index (χ1n) is 3.84. The minimum atomic E-state index is 0.948. The van der Waals surface area contributed by atoms with E-state index in [0.717, 1.165) is 25.2 Å². The molecule has 1 aromatic rings. The number of rotatable bonds is 0. The van der Waals surface area contributed by atoms with Crippen LogP contribution >= 0.6 is 0 Å². The van der Waals surface area contributed by atoms with Gasteiger partial charge < -0.3 is 4.90 Å². The molecular weight excluding hydrogens is 138 g/mol. The van der Waals surface area contributed by atoms with E-state index < -0.39 is 0 Å². The second-order valence-corrected chi connectivity index (χ2v) is 2.99. The fourth-order valence-corrected chi connectivity index (χ4v) is 1.39. The zero-order chi connectivity index (χ0) is 7.68. The van der Waals surface area contributed by atoms with Crippen LogP contribution in [-0.4, -0.2) is 28.7 Å². The zero-order valence-corrected chi connectivity index (χ0v) is 6.62. The van der Waals surface area contributed by atoms with Crippen molar-refractivity contribution in [3.05, 3.63) is 23.5 Å². The lowest BCUT2D eigenvalue weighted by Crippen LogP contribution is -2.27. The summed E-state index contributed by atoms with van der Waals surface area (Å²) in [5, 5.41) is 7.93. The van der Waals surface area contributed by atoms with Crippen LogP contribution in [0.3, 0.4) is 0 Å². The van der Waals surface area contributed by atoms with Gasteiger partial charge in [-0.3, -0.25) is 0 Å². The number of likely N-dealkylation sites (N-methyl/N-ethyl adjacent to an activating group) is 1. The summed E-state index contributed by atoms with van der Waals surface area (Å²) >= 11 is 0. The van der Waals surface area contributed by atoms with Gasteiger partial charge in [-0.05, 0) is 25.1 Å². The molecule has 0 saturated heterocycles. The Morgan fingerprint density at radius 2 is 2.45 bits per heavy atom. The SMILES string of the molecule is CN1CCc2ccnnc2C1. The van der Waals surface area contributed by atoms with Gasteiger partial charge in [0, 0.05) is 19.3 Å². The van der Waals surface area contributed by atoms with Crippen LogP contribution in [0.25, 0.3) is 0 Å². The molecule has 0 bridgehead atoms. The molecule has 1 aromatic heterocycles. The highest BCUT2D eigenvalue weighted by atomic mass is 15.2. The van der Waals surface area contributed by atoms with Gasteiger partial charge in [0.25, 0.3) is 0 Å². The topological polar surface area (TPSA) is 29.0 Å². The lowest BCUT2D eigenvalue weighted by molar-refractivity contribution is 0.305. The molecule has 0 radical (unpaired) electrons. The predicted molar refractivity (Wildman–Crippen MR) is 42.1 cm³/mol. The second kappa shape index (κ2) is 2.58. The van der Waals surface area contributed by atoms with Crippen molar-refractivity contribution in [3.8, 4) is 0 Å². The van der Waals surface area contributed by atoms with Gasteiger partial charge >= 0.3 is 0 Å². The summed E-state index contributed by atoms with van der Waals surface area (Å²) in [7, 11) is 2.11. The molecule has 0 aliphatic carbocycles. The van der Waals surface area contributed by atoms with Crippen LogP contribution in [0.4, 0.5) is 0 Å². The molecule has 58 valence electrons. The number of fused-ring (bicyclic) bond motifs is 1. The van der Waals surface area contributed by atoms with Crippen molar-refractivity contribution in [2.24, 2.45) is 0 Å². The minimum Gasteiger partial charge on any atom is -0.300 e. The van der Waals surface area contributed by atoms with Crippen LogP contribution in [0.1, 0.15) is 11.3 Å². The van der Waals surface area contributed by atoms with Crippen molar-refractivity contribution < 1.29 is 0 Å². The van der Waals surface area contributed by atoms with Crippen LogP contribution in [0.15, 0.2) is 12.3 Å². The average Bonchev–Trinajstić information content (AvgIpc) is 2.04. The van der Waals surface area contributed by atoms with Crippen molar-refractivity contribution in [1.82, 2.24) is 15.1 Å².